The van der Waals surface area contributed by atoms with Crippen molar-refractivity contribution in [2.45, 2.75) is 11.0 Å². The molecule has 1 saturated heterocycles. The van der Waals surface area contributed by atoms with Crippen molar-refractivity contribution in [3.05, 3.63) is 29.8 Å². The summed E-state index contributed by atoms with van der Waals surface area (Å²) in [6, 6.07) is 7.56. The third-order valence-electron chi connectivity index (χ3n) is 2.23. The van der Waals surface area contributed by atoms with Gasteiger partial charge in [0.1, 0.15) is 5.75 Å². The fourth-order valence-electron chi connectivity index (χ4n) is 1.45. The van der Waals surface area contributed by atoms with Gasteiger partial charge in [-0.2, -0.15) is 0 Å². The zero-order valence-electron chi connectivity index (χ0n) is 7.49. The molecule has 13 heavy (non-hydrogen) atoms. The lowest BCUT2D eigenvalue weighted by atomic mass is 10.1. The smallest absolute Gasteiger partial charge is 0.115 e. The van der Waals surface area contributed by atoms with Gasteiger partial charge in [0, 0.05) is 11.5 Å². The average molecular weight is 212 g/mol. The van der Waals surface area contributed by atoms with Crippen LogP contribution < -0.4 is 0 Å². The van der Waals surface area contributed by atoms with Gasteiger partial charge in [-0.05, 0) is 24.6 Å². The first-order valence-corrected chi connectivity index (χ1v) is 6.25. The van der Waals surface area contributed by atoms with Crippen LogP contribution in [0.5, 0.6) is 5.75 Å². The normalized spacial score (nSPS) is 20.4. The van der Waals surface area contributed by atoms with Gasteiger partial charge in [0.25, 0.3) is 0 Å². The van der Waals surface area contributed by atoms with Crippen LogP contribution in [0.15, 0.2) is 24.3 Å². The minimum Gasteiger partial charge on any atom is -0.508 e. The van der Waals surface area contributed by atoms with E-state index in [-0.39, 0.29) is 4.08 Å². The number of thioether (sulfide) groups is 2. The fourth-order valence-corrected chi connectivity index (χ4v) is 4.33. The van der Waals surface area contributed by atoms with E-state index in [0.717, 1.165) is 0 Å². The van der Waals surface area contributed by atoms with Gasteiger partial charge in [-0.25, -0.2) is 0 Å². The molecular weight excluding hydrogens is 200 g/mol. The highest BCUT2D eigenvalue weighted by molar-refractivity contribution is 8.20. The van der Waals surface area contributed by atoms with E-state index in [1.807, 2.05) is 35.7 Å². The van der Waals surface area contributed by atoms with Gasteiger partial charge in [-0.3, -0.25) is 0 Å². The van der Waals surface area contributed by atoms with Crippen molar-refractivity contribution in [1.82, 2.24) is 0 Å². The van der Waals surface area contributed by atoms with E-state index in [0.29, 0.717) is 5.75 Å². The summed E-state index contributed by atoms with van der Waals surface area (Å²) in [5.74, 6) is 2.80. The Morgan fingerprint density at radius 3 is 2.23 bits per heavy atom. The van der Waals surface area contributed by atoms with E-state index < -0.39 is 0 Å². The Labute approximate surface area is 86.9 Å². The molecule has 1 aromatic rings. The number of hydrogen-bond acceptors (Lipinski definition) is 3. The molecule has 0 atom stereocenters. The molecule has 0 radical (unpaired) electrons. The Balaban J connectivity index is 2.29. The summed E-state index contributed by atoms with van der Waals surface area (Å²) in [5, 5.41) is 9.17. The first kappa shape index (κ1) is 9.28. The molecule has 1 nitrogen and oxygen atoms in total. The number of hydrogen-bond donors (Lipinski definition) is 1. The minimum atomic E-state index is 0.202. The quantitative estimate of drug-likeness (QED) is 0.772. The van der Waals surface area contributed by atoms with Crippen LogP contribution in [0.1, 0.15) is 12.5 Å². The topological polar surface area (TPSA) is 20.2 Å². The van der Waals surface area contributed by atoms with E-state index in [2.05, 4.69) is 6.92 Å². The molecule has 1 N–H and O–H groups in total. The van der Waals surface area contributed by atoms with E-state index in [4.69, 9.17) is 5.11 Å². The Morgan fingerprint density at radius 1 is 1.15 bits per heavy atom. The Morgan fingerprint density at radius 2 is 1.69 bits per heavy atom. The van der Waals surface area contributed by atoms with Crippen LogP contribution in [0.3, 0.4) is 0 Å². The van der Waals surface area contributed by atoms with Gasteiger partial charge in [0.15, 0.2) is 0 Å². The van der Waals surface area contributed by atoms with Gasteiger partial charge < -0.3 is 5.11 Å². The number of aromatic hydroxyl groups is 1. The summed E-state index contributed by atoms with van der Waals surface area (Å²) in [5.41, 5.74) is 1.30. The van der Waals surface area contributed by atoms with E-state index in [1.165, 1.54) is 17.1 Å². The summed E-state index contributed by atoms with van der Waals surface area (Å²) in [7, 11) is 0. The molecule has 70 valence electrons. The molecule has 0 spiro atoms. The highest BCUT2D eigenvalue weighted by atomic mass is 32.2. The lowest BCUT2D eigenvalue weighted by Crippen LogP contribution is -2.07. The molecule has 2 rings (SSSR count). The Hall–Kier alpha value is -0.280. The number of phenols is 1. The van der Waals surface area contributed by atoms with Crippen LogP contribution in [0.4, 0.5) is 0 Å². The van der Waals surface area contributed by atoms with Crippen LogP contribution >= 0.6 is 23.5 Å². The maximum absolute atomic E-state index is 9.17. The van der Waals surface area contributed by atoms with Gasteiger partial charge in [0.05, 0.1) is 4.08 Å². The molecule has 0 aromatic heterocycles. The summed E-state index contributed by atoms with van der Waals surface area (Å²) in [6.07, 6.45) is 0. The van der Waals surface area contributed by atoms with Crippen LogP contribution in [0.25, 0.3) is 0 Å². The molecule has 1 aromatic carbocycles. The second-order valence-corrected chi connectivity index (χ2v) is 6.47. The van der Waals surface area contributed by atoms with Gasteiger partial charge in [-0.15, -0.1) is 23.5 Å². The fraction of sp³-hybridized carbons (Fsp3) is 0.400. The van der Waals surface area contributed by atoms with E-state index in [9.17, 15) is 0 Å². The van der Waals surface area contributed by atoms with Crippen molar-refractivity contribution in [2.75, 3.05) is 11.5 Å². The van der Waals surface area contributed by atoms with Crippen LogP contribution in [0, 0.1) is 0 Å². The molecule has 1 heterocycles. The van der Waals surface area contributed by atoms with Crippen molar-refractivity contribution in [1.29, 1.82) is 0 Å². The summed E-state index contributed by atoms with van der Waals surface area (Å²) in [4.78, 5) is 0. The molecule has 1 aliphatic heterocycles. The summed E-state index contributed by atoms with van der Waals surface area (Å²) >= 11 is 3.97. The predicted molar refractivity (Wildman–Crippen MR) is 60.4 cm³/mol. The molecule has 0 aliphatic carbocycles. The predicted octanol–water partition coefficient (Wildman–Crippen LogP) is 3.04. The van der Waals surface area contributed by atoms with Crippen molar-refractivity contribution in [3.8, 4) is 5.75 Å². The molecule has 3 heteroatoms. The molecule has 0 saturated carbocycles. The van der Waals surface area contributed by atoms with Crippen LogP contribution in [0.2, 0.25) is 0 Å². The molecular formula is C10H12OS2. The lowest BCUT2D eigenvalue weighted by Gasteiger charge is -2.22. The first-order chi connectivity index (χ1) is 6.21. The number of benzene rings is 1. The van der Waals surface area contributed by atoms with E-state index in [1.54, 1.807) is 12.1 Å². The van der Waals surface area contributed by atoms with Crippen molar-refractivity contribution in [3.63, 3.8) is 0 Å². The van der Waals surface area contributed by atoms with Crippen LogP contribution in [-0.4, -0.2) is 16.6 Å². The monoisotopic (exact) mass is 212 g/mol. The number of phenolic OH excluding ortho intramolecular Hbond substituents is 1. The minimum absolute atomic E-state index is 0.202. The molecule has 1 fully saturated rings. The highest BCUT2D eigenvalue weighted by Crippen LogP contribution is 2.51. The standard InChI is InChI=1S/C10H12OS2/c1-10(12-6-7-13-10)8-2-4-9(11)5-3-8/h2-5,11H,6-7H2,1H3. The average Bonchev–Trinajstić information content (AvgIpc) is 2.54. The summed E-state index contributed by atoms with van der Waals surface area (Å²) in [6.45, 7) is 2.25. The zero-order chi connectivity index (χ0) is 9.31. The lowest BCUT2D eigenvalue weighted by molar-refractivity contribution is 0.475. The maximum atomic E-state index is 9.17. The number of rotatable bonds is 1. The Bertz CT molecular complexity index is 288. The van der Waals surface area contributed by atoms with E-state index >= 15 is 0 Å². The largest absolute Gasteiger partial charge is 0.508 e. The van der Waals surface area contributed by atoms with Crippen molar-refractivity contribution in [2.24, 2.45) is 0 Å². The molecule has 0 unspecified atom stereocenters. The van der Waals surface area contributed by atoms with Crippen molar-refractivity contribution >= 4 is 23.5 Å². The van der Waals surface area contributed by atoms with Gasteiger partial charge in [0.2, 0.25) is 0 Å². The molecule has 0 bridgehead atoms. The SMILES string of the molecule is CC1(c2ccc(O)cc2)SCCS1. The Kier molecular flexibility index (Phi) is 2.47. The second kappa shape index (κ2) is 3.46. The van der Waals surface area contributed by atoms with Crippen LogP contribution in [-0.2, 0) is 4.08 Å². The zero-order valence-corrected chi connectivity index (χ0v) is 9.12. The third kappa shape index (κ3) is 1.81. The van der Waals surface area contributed by atoms with Gasteiger partial charge >= 0.3 is 0 Å². The summed E-state index contributed by atoms with van der Waals surface area (Å²) < 4.78 is 0.202. The highest BCUT2D eigenvalue weighted by Gasteiger charge is 2.31. The third-order valence-corrected chi connectivity index (χ3v) is 5.59. The molecule has 0 amide bonds. The van der Waals surface area contributed by atoms with Gasteiger partial charge in [-0.1, -0.05) is 12.1 Å². The molecule has 1 aliphatic rings. The van der Waals surface area contributed by atoms with Crippen molar-refractivity contribution < 1.29 is 5.11 Å². The maximum Gasteiger partial charge on any atom is 0.115 e. The first-order valence-electron chi connectivity index (χ1n) is 4.28. The second-order valence-electron chi connectivity index (χ2n) is 3.19.